The molecule has 0 unspecified atom stereocenters. The van der Waals surface area contributed by atoms with Gasteiger partial charge in [0.1, 0.15) is 24.1 Å². The number of halogens is 1. The van der Waals surface area contributed by atoms with Gasteiger partial charge in [-0.15, -0.1) is 0 Å². The molecular weight excluding hydrogens is 505 g/mol. The first-order valence-electron chi connectivity index (χ1n) is 13.1. The van der Waals surface area contributed by atoms with Crippen molar-refractivity contribution in [2.24, 2.45) is 0 Å². The number of anilines is 1. The molecule has 0 saturated heterocycles. The number of fused-ring (bicyclic) bond motifs is 2. The van der Waals surface area contributed by atoms with Crippen LogP contribution in [-0.2, 0) is 37.3 Å². The number of aromatic nitrogens is 1. The predicted molar refractivity (Wildman–Crippen MR) is 142 cm³/mol. The molecule has 1 aromatic heterocycles. The Morgan fingerprint density at radius 1 is 1.18 bits per heavy atom. The summed E-state index contributed by atoms with van der Waals surface area (Å²) in [6.07, 6.45) is 1.05. The molecule has 2 amide bonds. The van der Waals surface area contributed by atoms with Gasteiger partial charge in [-0.2, -0.15) is 0 Å². The van der Waals surface area contributed by atoms with E-state index < -0.39 is 29.6 Å². The number of esters is 1. The second-order valence-corrected chi connectivity index (χ2v) is 11.6. The first kappa shape index (κ1) is 28.3. The van der Waals surface area contributed by atoms with Gasteiger partial charge in [0.25, 0.3) is 5.91 Å². The van der Waals surface area contributed by atoms with E-state index in [1.54, 1.807) is 39.0 Å². The number of carbonyl (C=O) groups excluding carboxylic acids is 3. The fourth-order valence-electron chi connectivity index (χ4n) is 5.23. The maximum Gasteiger partial charge on any atom is 0.410 e. The Morgan fingerprint density at radius 2 is 1.92 bits per heavy atom. The summed E-state index contributed by atoms with van der Waals surface area (Å²) in [4.78, 5) is 44.6. The lowest BCUT2D eigenvalue weighted by atomic mass is 9.86. The molecule has 1 N–H and O–H groups in total. The zero-order valence-electron chi connectivity index (χ0n) is 23.4. The van der Waals surface area contributed by atoms with Gasteiger partial charge in [-0.3, -0.25) is 14.5 Å². The normalized spacial score (nSPS) is 17.6. The Balaban J connectivity index is 1.55. The number of nitrogens with zero attached hydrogens (tertiary/aromatic N) is 2. The number of methoxy groups -OCH3 is 1. The number of hydrogen-bond donors (Lipinski definition) is 1. The predicted octanol–water partition coefficient (Wildman–Crippen LogP) is 4.86. The van der Waals surface area contributed by atoms with E-state index >= 15 is 4.39 Å². The van der Waals surface area contributed by atoms with E-state index in [0.29, 0.717) is 34.8 Å². The van der Waals surface area contributed by atoms with Crippen LogP contribution in [0.25, 0.3) is 0 Å². The zero-order valence-corrected chi connectivity index (χ0v) is 23.4. The molecule has 2 heterocycles. The minimum Gasteiger partial charge on any atom is -0.481 e. The number of benzene rings is 1. The van der Waals surface area contributed by atoms with E-state index in [2.05, 4.69) is 10.3 Å². The maximum atomic E-state index is 15.1. The first-order chi connectivity index (χ1) is 18.3. The fourth-order valence-corrected chi connectivity index (χ4v) is 5.23. The summed E-state index contributed by atoms with van der Waals surface area (Å²) >= 11 is 0. The maximum absolute atomic E-state index is 15.1. The van der Waals surface area contributed by atoms with Crippen molar-refractivity contribution in [2.75, 3.05) is 25.6 Å². The van der Waals surface area contributed by atoms with Crippen LogP contribution in [-0.4, -0.2) is 53.7 Å². The summed E-state index contributed by atoms with van der Waals surface area (Å²) < 4.78 is 30.9. The minimum absolute atomic E-state index is 0.117. The van der Waals surface area contributed by atoms with Crippen molar-refractivity contribution < 1.29 is 33.0 Å². The van der Waals surface area contributed by atoms with E-state index in [9.17, 15) is 14.4 Å². The second kappa shape index (κ2) is 10.8. The lowest BCUT2D eigenvalue weighted by molar-refractivity contribution is -0.155. The number of ether oxygens (including phenoxy) is 3. The third-order valence-electron chi connectivity index (χ3n) is 6.96. The van der Waals surface area contributed by atoms with Gasteiger partial charge in [0, 0.05) is 30.3 Å². The van der Waals surface area contributed by atoms with E-state index in [4.69, 9.17) is 14.2 Å². The Morgan fingerprint density at radius 3 is 2.62 bits per heavy atom. The third-order valence-corrected chi connectivity index (χ3v) is 6.96. The van der Waals surface area contributed by atoms with Crippen molar-refractivity contribution in [1.29, 1.82) is 0 Å². The van der Waals surface area contributed by atoms with Gasteiger partial charge in [0.05, 0.1) is 19.2 Å². The van der Waals surface area contributed by atoms with Crippen molar-refractivity contribution in [2.45, 2.75) is 77.4 Å². The summed E-state index contributed by atoms with van der Waals surface area (Å²) in [6.45, 7) is 9.23. The molecular formula is C29H36FN3O6. The van der Waals surface area contributed by atoms with E-state index in [1.165, 1.54) is 18.1 Å². The Bertz CT molecular complexity index is 1290. The summed E-state index contributed by atoms with van der Waals surface area (Å²) in [5.74, 6) is -0.987. The van der Waals surface area contributed by atoms with E-state index in [-0.39, 0.29) is 30.8 Å². The number of aryl methyl sites for hydroxylation is 1. The molecule has 1 atom stereocenters. The SMILES string of the molecule is COc1ccc2c(n1)CCN(C(=O)OCCC(=O)OC(C)(C)C)[C@H]2C(=O)Nc1cc(F)c2c(c1)CCC2(C)C. The molecule has 0 radical (unpaired) electrons. The van der Waals surface area contributed by atoms with Crippen LogP contribution in [0.4, 0.5) is 14.9 Å². The molecule has 0 fully saturated rings. The van der Waals surface area contributed by atoms with Gasteiger partial charge < -0.3 is 19.5 Å². The third kappa shape index (κ3) is 6.32. The molecule has 2 aliphatic rings. The van der Waals surface area contributed by atoms with Crippen LogP contribution in [0.1, 0.15) is 75.9 Å². The van der Waals surface area contributed by atoms with Crippen molar-refractivity contribution in [3.8, 4) is 5.88 Å². The molecule has 4 rings (SSSR count). The highest BCUT2D eigenvalue weighted by molar-refractivity contribution is 5.98. The van der Waals surface area contributed by atoms with E-state index in [1.807, 2.05) is 13.8 Å². The Labute approximate surface area is 228 Å². The molecule has 1 aliphatic carbocycles. The van der Waals surface area contributed by atoms with Gasteiger partial charge in [-0.1, -0.05) is 13.8 Å². The highest BCUT2D eigenvalue weighted by Gasteiger charge is 2.39. The number of rotatable bonds is 6. The molecule has 210 valence electrons. The molecule has 0 saturated carbocycles. The van der Waals surface area contributed by atoms with Crippen LogP contribution in [0.5, 0.6) is 5.88 Å². The van der Waals surface area contributed by atoms with E-state index in [0.717, 1.165) is 18.4 Å². The van der Waals surface area contributed by atoms with Crippen LogP contribution in [0.3, 0.4) is 0 Å². The summed E-state index contributed by atoms with van der Waals surface area (Å²) in [5.41, 5.74) is 2.08. The van der Waals surface area contributed by atoms with Crippen molar-refractivity contribution in [1.82, 2.24) is 9.88 Å². The van der Waals surface area contributed by atoms with Gasteiger partial charge in [0.15, 0.2) is 0 Å². The number of pyridine rings is 1. The number of carbonyl (C=O) groups is 3. The quantitative estimate of drug-likeness (QED) is 0.521. The van der Waals surface area contributed by atoms with Crippen LogP contribution < -0.4 is 10.1 Å². The van der Waals surface area contributed by atoms with Gasteiger partial charge in [-0.05, 0) is 68.4 Å². The summed E-state index contributed by atoms with van der Waals surface area (Å²) in [7, 11) is 1.50. The second-order valence-electron chi connectivity index (χ2n) is 11.6. The zero-order chi connectivity index (χ0) is 28.5. The van der Waals surface area contributed by atoms with Crippen molar-refractivity contribution in [3.05, 3.63) is 52.5 Å². The highest BCUT2D eigenvalue weighted by Crippen LogP contribution is 2.41. The molecule has 1 aliphatic heterocycles. The van der Waals surface area contributed by atoms with Crippen LogP contribution in [0, 0.1) is 5.82 Å². The molecule has 0 spiro atoms. The highest BCUT2D eigenvalue weighted by atomic mass is 19.1. The smallest absolute Gasteiger partial charge is 0.410 e. The van der Waals surface area contributed by atoms with Gasteiger partial charge in [-0.25, -0.2) is 14.2 Å². The van der Waals surface area contributed by atoms with Crippen LogP contribution in [0.2, 0.25) is 0 Å². The summed E-state index contributed by atoms with van der Waals surface area (Å²) in [6, 6.07) is 5.35. The monoisotopic (exact) mass is 541 g/mol. The van der Waals surface area contributed by atoms with Crippen molar-refractivity contribution in [3.63, 3.8) is 0 Å². The van der Waals surface area contributed by atoms with Crippen LogP contribution >= 0.6 is 0 Å². The molecule has 0 bridgehead atoms. The molecule has 39 heavy (non-hydrogen) atoms. The Kier molecular flexibility index (Phi) is 7.86. The van der Waals surface area contributed by atoms with Crippen molar-refractivity contribution >= 4 is 23.7 Å². The molecule has 1 aromatic carbocycles. The minimum atomic E-state index is -1.08. The van der Waals surface area contributed by atoms with Crippen LogP contribution in [0.15, 0.2) is 24.3 Å². The number of nitrogens with one attached hydrogen (secondary N) is 1. The number of amides is 2. The standard InChI is InChI=1S/C29H36FN3O6/c1-28(2,3)39-23(34)11-14-38-27(36)33-13-10-21-19(7-8-22(32-21)37-6)25(33)26(35)31-18-15-17-9-12-29(4,5)24(17)20(30)16-18/h7-8,15-16,25H,9-14H2,1-6H3,(H,31,35)/t25-/m1/s1. The molecule has 2 aromatic rings. The average Bonchev–Trinajstić information content (AvgIpc) is 3.16. The topological polar surface area (TPSA) is 107 Å². The first-order valence-corrected chi connectivity index (χ1v) is 13.1. The van der Waals surface area contributed by atoms with Gasteiger partial charge in [0.2, 0.25) is 5.88 Å². The lowest BCUT2D eigenvalue weighted by Crippen LogP contribution is -2.46. The number of hydrogen-bond acceptors (Lipinski definition) is 7. The summed E-state index contributed by atoms with van der Waals surface area (Å²) in [5, 5.41) is 2.80. The largest absolute Gasteiger partial charge is 0.481 e. The average molecular weight is 542 g/mol. The molecule has 10 heteroatoms. The Hall–Kier alpha value is -3.69. The fraction of sp³-hybridized carbons (Fsp3) is 0.517. The lowest BCUT2D eigenvalue weighted by Gasteiger charge is -2.35. The van der Waals surface area contributed by atoms with Gasteiger partial charge >= 0.3 is 12.1 Å². The molecule has 9 nitrogen and oxygen atoms in total.